The van der Waals surface area contributed by atoms with Gasteiger partial charge >= 0.3 is 0 Å². The number of rotatable bonds is 4. The number of ether oxygens (including phenoxy) is 1. The predicted octanol–water partition coefficient (Wildman–Crippen LogP) is 2.92. The number of carbonyl (C=O) groups excluding carboxylic acids is 1. The number of aromatic nitrogens is 3. The first-order valence-corrected chi connectivity index (χ1v) is 6.76. The van der Waals surface area contributed by atoms with Gasteiger partial charge in [0.1, 0.15) is 5.75 Å². The highest BCUT2D eigenvalue weighted by Gasteiger charge is 2.11. The number of pyridine rings is 1. The Labute approximate surface area is 122 Å². The van der Waals surface area contributed by atoms with Gasteiger partial charge in [-0.05, 0) is 37.6 Å². The molecule has 0 atom stereocenters. The second-order valence-corrected chi connectivity index (χ2v) is 4.74. The van der Waals surface area contributed by atoms with Gasteiger partial charge in [-0.1, -0.05) is 12.1 Å². The molecule has 2 aromatic heterocycles. The summed E-state index contributed by atoms with van der Waals surface area (Å²) in [5, 5.41) is 8.39. The number of aldehydes is 1. The second-order valence-electron chi connectivity index (χ2n) is 4.74. The maximum Gasteiger partial charge on any atom is 0.168 e. The van der Waals surface area contributed by atoms with E-state index in [-0.39, 0.29) is 0 Å². The molecule has 0 aliphatic heterocycles. The SMILES string of the molecule is CCOc1cccc(-c2nnc3cc(C)c(C=O)cn23)c1. The molecule has 3 rings (SSSR count). The highest BCUT2D eigenvalue weighted by Crippen LogP contribution is 2.24. The Morgan fingerprint density at radius 1 is 1.29 bits per heavy atom. The van der Waals surface area contributed by atoms with Crippen LogP contribution in [0.2, 0.25) is 0 Å². The van der Waals surface area contributed by atoms with Crippen LogP contribution in [0, 0.1) is 6.92 Å². The van der Waals surface area contributed by atoms with E-state index in [4.69, 9.17) is 4.74 Å². The molecule has 2 heterocycles. The van der Waals surface area contributed by atoms with E-state index >= 15 is 0 Å². The summed E-state index contributed by atoms with van der Waals surface area (Å²) in [6.07, 6.45) is 2.61. The summed E-state index contributed by atoms with van der Waals surface area (Å²) in [4.78, 5) is 11.1. The third-order valence-electron chi connectivity index (χ3n) is 3.32. The van der Waals surface area contributed by atoms with Gasteiger partial charge in [0, 0.05) is 17.3 Å². The lowest BCUT2D eigenvalue weighted by molar-refractivity contribution is 0.112. The van der Waals surface area contributed by atoms with E-state index in [1.807, 2.05) is 48.6 Å². The molecule has 0 spiro atoms. The third kappa shape index (κ3) is 2.38. The van der Waals surface area contributed by atoms with Crippen LogP contribution >= 0.6 is 0 Å². The molecule has 21 heavy (non-hydrogen) atoms. The van der Waals surface area contributed by atoms with Gasteiger partial charge in [0.2, 0.25) is 0 Å². The fourth-order valence-corrected chi connectivity index (χ4v) is 2.26. The Bertz CT molecular complexity index is 808. The minimum Gasteiger partial charge on any atom is -0.494 e. The second kappa shape index (κ2) is 5.36. The standard InChI is InChI=1S/C16H15N3O2/c1-3-21-14-6-4-5-12(8-14)16-18-17-15-7-11(2)13(10-20)9-19(15)16/h4-10H,3H2,1-2H3. The fourth-order valence-electron chi connectivity index (χ4n) is 2.26. The predicted molar refractivity (Wildman–Crippen MR) is 79.7 cm³/mol. The van der Waals surface area contributed by atoms with Gasteiger partial charge < -0.3 is 4.74 Å². The molecule has 1 aromatic carbocycles. The average Bonchev–Trinajstić information content (AvgIpc) is 2.89. The summed E-state index contributed by atoms with van der Waals surface area (Å²) in [5.74, 6) is 1.48. The lowest BCUT2D eigenvalue weighted by Gasteiger charge is -2.06. The molecule has 0 fully saturated rings. The first-order valence-electron chi connectivity index (χ1n) is 6.76. The largest absolute Gasteiger partial charge is 0.494 e. The molecule has 0 saturated carbocycles. The Hall–Kier alpha value is -2.69. The zero-order valence-corrected chi connectivity index (χ0v) is 11.9. The van der Waals surface area contributed by atoms with Gasteiger partial charge in [-0.3, -0.25) is 9.20 Å². The van der Waals surface area contributed by atoms with Crippen LogP contribution < -0.4 is 4.74 Å². The number of carbonyl (C=O) groups is 1. The minimum atomic E-state index is 0.610. The van der Waals surface area contributed by atoms with Gasteiger partial charge in [-0.2, -0.15) is 0 Å². The van der Waals surface area contributed by atoms with E-state index in [0.29, 0.717) is 18.0 Å². The van der Waals surface area contributed by atoms with Gasteiger partial charge in [-0.25, -0.2) is 0 Å². The monoisotopic (exact) mass is 281 g/mol. The molecule has 5 nitrogen and oxygen atoms in total. The zero-order chi connectivity index (χ0) is 14.8. The molecule has 0 amide bonds. The number of fused-ring (bicyclic) bond motifs is 1. The Balaban J connectivity index is 2.16. The van der Waals surface area contributed by atoms with Gasteiger partial charge in [0.05, 0.1) is 6.61 Å². The van der Waals surface area contributed by atoms with Gasteiger partial charge in [-0.15, -0.1) is 10.2 Å². The van der Waals surface area contributed by atoms with Crippen molar-refractivity contribution in [3.8, 4) is 17.1 Å². The maximum absolute atomic E-state index is 11.1. The van der Waals surface area contributed by atoms with E-state index in [2.05, 4.69) is 10.2 Å². The van der Waals surface area contributed by atoms with Crippen LogP contribution in [0.3, 0.4) is 0 Å². The minimum absolute atomic E-state index is 0.610. The molecule has 3 aromatic rings. The summed E-state index contributed by atoms with van der Waals surface area (Å²) in [7, 11) is 0. The molecule has 0 radical (unpaired) electrons. The Kier molecular flexibility index (Phi) is 3.39. The van der Waals surface area contributed by atoms with E-state index in [9.17, 15) is 4.79 Å². The third-order valence-corrected chi connectivity index (χ3v) is 3.32. The van der Waals surface area contributed by atoms with E-state index < -0.39 is 0 Å². The average molecular weight is 281 g/mol. The van der Waals surface area contributed by atoms with Crippen molar-refractivity contribution in [2.45, 2.75) is 13.8 Å². The molecule has 0 bridgehead atoms. The van der Waals surface area contributed by atoms with E-state index in [0.717, 1.165) is 28.8 Å². The lowest BCUT2D eigenvalue weighted by atomic mass is 10.1. The van der Waals surface area contributed by atoms with Crippen molar-refractivity contribution >= 4 is 11.9 Å². The van der Waals surface area contributed by atoms with Crippen LogP contribution in [0.4, 0.5) is 0 Å². The van der Waals surface area contributed by atoms with Crippen molar-refractivity contribution in [2.24, 2.45) is 0 Å². The van der Waals surface area contributed by atoms with Crippen molar-refractivity contribution in [3.05, 3.63) is 47.7 Å². The molecular weight excluding hydrogens is 266 g/mol. The Morgan fingerprint density at radius 3 is 2.90 bits per heavy atom. The van der Waals surface area contributed by atoms with E-state index in [1.165, 1.54) is 0 Å². The molecule has 5 heteroatoms. The number of aryl methyl sites for hydroxylation is 1. The number of hydrogen-bond acceptors (Lipinski definition) is 4. The fraction of sp³-hybridized carbons (Fsp3) is 0.188. The molecule has 106 valence electrons. The van der Waals surface area contributed by atoms with Crippen molar-refractivity contribution in [1.82, 2.24) is 14.6 Å². The van der Waals surface area contributed by atoms with Gasteiger partial charge in [0.25, 0.3) is 0 Å². The number of nitrogens with zero attached hydrogens (tertiary/aromatic N) is 3. The highest BCUT2D eigenvalue weighted by molar-refractivity contribution is 5.78. The van der Waals surface area contributed by atoms with Crippen LogP contribution in [-0.2, 0) is 0 Å². The van der Waals surface area contributed by atoms with Crippen molar-refractivity contribution in [2.75, 3.05) is 6.61 Å². The van der Waals surface area contributed by atoms with Crippen molar-refractivity contribution in [3.63, 3.8) is 0 Å². The molecule has 0 saturated heterocycles. The van der Waals surface area contributed by atoms with E-state index in [1.54, 1.807) is 6.20 Å². The summed E-state index contributed by atoms with van der Waals surface area (Å²) >= 11 is 0. The van der Waals surface area contributed by atoms with Crippen molar-refractivity contribution < 1.29 is 9.53 Å². The Morgan fingerprint density at radius 2 is 2.14 bits per heavy atom. The first-order chi connectivity index (χ1) is 10.2. The van der Waals surface area contributed by atoms with Crippen LogP contribution in [0.15, 0.2) is 36.5 Å². The number of hydrogen-bond donors (Lipinski definition) is 0. The molecule has 0 unspecified atom stereocenters. The first kappa shape index (κ1) is 13.3. The van der Waals surface area contributed by atoms with Crippen LogP contribution in [0.25, 0.3) is 17.0 Å². The van der Waals surface area contributed by atoms with Crippen molar-refractivity contribution in [1.29, 1.82) is 0 Å². The van der Waals surface area contributed by atoms with Crippen LogP contribution in [-0.4, -0.2) is 27.5 Å². The lowest BCUT2D eigenvalue weighted by Crippen LogP contribution is -1.96. The van der Waals surface area contributed by atoms with Crippen LogP contribution in [0.5, 0.6) is 5.75 Å². The summed E-state index contributed by atoms with van der Waals surface area (Å²) in [5.41, 5.74) is 3.13. The molecular formula is C16H15N3O2. The molecule has 0 aliphatic carbocycles. The summed E-state index contributed by atoms with van der Waals surface area (Å²) < 4.78 is 7.33. The molecule has 0 aliphatic rings. The number of benzene rings is 1. The highest BCUT2D eigenvalue weighted by atomic mass is 16.5. The summed E-state index contributed by atoms with van der Waals surface area (Å²) in [6.45, 7) is 4.44. The smallest absolute Gasteiger partial charge is 0.168 e. The molecule has 0 N–H and O–H groups in total. The normalized spacial score (nSPS) is 10.8. The zero-order valence-electron chi connectivity index (χ0n) is 11.9. The maximum atomic E-state index is 11.1. The quantitative estimate of drug-likeness (QED) is 0.690. The topological polar surface area (TPSA) is 56.5 Å². The summed E-state index contributed by atoms with van der Waals surface area (Å²) in [6, 6.07) is 9.53. The van der Waals surface area contributed by atoms with Gasteiger partial charge in [0.15, 0.2) is 17.8 Å². The van der Waals surface area contributed by atoms with Crippen LogP contribution in [0.1, 0.15) is 22.8 Å².